The summed E-state index contributed by atoms with van der Waals surface area (Å²) in [5, 5.41) is 12.2. The van der Waals surface area contributed by atoms with Gasteiger partial charge in [-0.25, -0.2) is 4.79 Å². The quantitative estimate of drug-likeness (QED) is 0.702. The highest BCUT2D eigenvalue weighted by molar-refractivity contribution is 7.18. The van der Waals surface area contributed by atoms with E-state index in [0.717, 1.165) is 12.1 Å². The second-order valence-electron chi connectivity index (χ2n) is 4.33. The van der Waals surface area contributed by atoms with E-state index in [1.54, 1.807) is 11.4 Å². The number of aromatic carboxylic acids is 1. The molecule has 0 bridgehead atoms. The minimum atomic E-state index is -4.45. The molecule has 0 radical (unpaired) electrons. The summed E-state index contributed by atoms with van der Waals surface area (Å²) in [6, 6.07) is 6.34. The van der Waals surface area contributed by atoms with Crippen molar-refractivity contribution in [2.75, 3.05) is 0 Å². The predicted molar refractivity (Wildman–Crippen MR) is 71.3 cm³/mol. The number of hydrogen-bond donors (Lipinski definition) is 1. The first kappa shape index (κ1) is 12.9. The normalized spacial score (nSPS) is 12.2. The Labute approximate surface area is 115 Å². The number of thiophene rings is 1. The number of carboxylic acid groups (broad SMARTS) is 1. The van der Waals surface area contributed by atoms with E-state index in [1.165, 1.54) is 23.5 Å². The van der Waals surface area contributed by atoms with Crippen LogP contribution in [0, 0.1) is 0 Å². The van der Waals surface area contributed by atoms with Crippen LogP contribution in [0.4, 0.5) is 13.2 Å². The van der Waals surface area contributed by atoms with E-state index in [9.17, 15) is 23.1 Å². The molecule has 6 heteroatoms. The van der Waals surface area contributed by atoms with Crippen molar-refractivity contribution in [1.82, 2.24) is 0 Å². The lowest BCUT2D eigenvalue weighted by Gasteiger charge is -2.10. The minimum absolute atomic E-state index is 0.0135. The van der Waals surface area contributed by atoms with Gasteiger partial charge in [-0.15, -0.1) is 11.3 Å². The van der Waals surface area contributed by atoms with Gasteiger partial charge < -0.3 is 5.11 Å². The molecule has 0 unspecified atom stereocenters. The molecule has 2 nitrogen and oxygen atoms in total. The molecule has 0 saturated heterocycles. The average molecular weight is 296 g/mol. The first-order valence-electron chi connectivity index (χ1n) is 5.62. The van der Waals surface area contributed by atoms with Crippen LogP contribution in [0.1, 0.15) is 15.9 Å². The third-order valence-electron chi connectivity index (χ3n) is 3.11. The molecule has 0 fully saturated rings. The number of benzene rings is 2. The summed E-state index contributed by atoms with van der Waals surface area (Å²) in [5.41, 5.74) is -0.762. The summed E-state index contributed by atoms with van der Waals surface area (Å²) in [5.74, 6) is -1.15. The van der Waals surface area contributed by atoms with Gasteiger partial charge in [0.15, 0.2) is 0 Å². The molecule has 0 atom stereocenters. The molecule has 2 aromatic carbocycles. The Morgan fingerprint density at radius 2 is 1.85 bits per heavy atom. The maximum Gasteiger partial charge on any atom is 0.416 e. The second kappa shape index (κ2) is 4.21. The van der Waals surface area contributed by atoms with Gasteiger partial charge in [-0.05, 0) is 40.4 Å². The molecule has 1 aromatic heterocycles. The van der Waals surface area contributed by atoms with Crippen LogP contribution < -0.4 is 0 Å². The SMILES string of the molecule is O=C(O)c1cc2ccsc2c2cc(C(F)(F)F)ccc12. The zero-order valence-electron chi connectivity index (χ0n) is 9.86. The third-order valence-corrected chi connectivity index (χ3v) is 4.07. The molecule has 0 amide bonds. The fraction of sp³-hybridized carbons (Fsp3) is 0.0714. The topological polar surface area (TPSA) is 37.3 Å². The maximum absolute atomic E-state index is 12.8. The van der Waals surface area contributed by atoms with Crippen LogP contribution in [0.5, 0.6) is 0 Å². The van der Waals surface area contributed by atoms with Crippen molar-refractivity contribution in [1.29, 1.82) is 0 Å². The predicted octanol–water partition coefficient (Wildman–Crippen LogP) is 4.77. The van der Waals surface area contributed by atoms with Gasteiger partial charge in [0.05, 0.1) is 11.1 Å². The average Bonchev–Trinajstić information content (AvgIpc) is 2.84. The van der Waals surface area contributed by atoms with Gasteiger partial charge in [-0.1, -0.05) is 6.07 Å². The van der Waals surface area contributed by atoms with Gasteiger partial charge in [0, 0.05) is 10.1 Å². The Morgan fingerprint density at radius 1 is 1.10 bits per heavy atom. The summed E-state index contributed by atoms with van der Waals surface area (Å²) in [4.78, 5) is 11.2. The van der Waals surface area contributed by atoms with Crippen LogP contribution in [0.15, 0.2) is 35.7 Å². The molecule has 1 N–H and O–H groups in total. The Balaban J connectivity index is 2.46. The summed E-state index contributed by atoms with van der Waals surface area (Å²) >= 11 is 1.30. The Bertz CT molecular complexity index is 833. The number of carbonyl (C=O) groups is 1. The second-order valence-corrected chi connectivity index (χ2v) is 5.24. The van der Waals surface area contributed by atoms with E-state index < -0.39 is 17.7 Å². The first-order chi connectivity index (χ1) is 9.38. The number of carboxylic acids is 1. The summed E-state index contributed by atoms with van der Waals surface area (Å²) in [7, 11) is 0. The molecular formula is C14H7F3O2S. The molecule has 0 aliphatic carbocycles. The highest BCUT2D eigenvalue weighted by Gasteiger charge is 2.31. The minimum Gasteiger partial charge on any atom is -0.478 e. The molecule has 3 aromatic rings. The van der Waals surface area contributed by atoms with E-state index in [4.69, 9.17) is 0 Å². The monoisotopic (exact) mass is 296 g/mol. The van der Waals surface area contributed by atoms with Gasteiger partial charge >= 0.3 is 12.1 Å². The van der Waals surface area contributed by atoms with Crippen molar-refractivity contribution in [3.63, 3.8) is 0 Å². The van der Waals surface area contributed by atoms with Crippen molar-refractivity contribution < 1.29 is 23.1 Å². The smallest absolute Gasteiger partial charge is 0.416 e. The number of fused-ring (bicyclic) bond motifs is 3. The van der Waals surface area contributed by atoms with Crippen LogP contribution in [0.2, 0.25) is 0 Å². The fourth-order valence-corrected chi connectivity index (χ4v) is 3.11. The molecule has 0 aliphatic heterocycles. The molecule has 1 heterocycles. The number of hydrogen-bond acceptors (Lipinski definition) is 2. The van der Waals surface area contributed by atoms with Crippen molar-refractivity contribution in [2.45, 2.75) is 6.18 Å². The molecule has 102 valence electrons. The van der Waals surface area contributed by atoms with E-state index >= 15 is 0 Å². The largest absolute Gasteiger partial charge is 0.478 e. The highest BCUT2D eigenvalue weighted by atomic mass is 32.1. The lowest BCUT2D eigenvalue weighted by Crippen LogP contribution is -2.05. The zero-order valence-corrected chi connectivity index (χ0v) is 10.7. The maximum atomic E-state index is 12.8. The van der Waals surface area contributed by atoms with Gasteiger partial charge in [0.2, 0.25) is 0 Å². The van der Waals surface area contributed by atoms with Crippen LogP contribution in [-0.2, 0) is 6.18 Å². The zero-order chi connectivity index (χ0) is 14.5. The Morgan fingerprint density at radius 3 is 2.50 bits per heavy atom. The van der Waals surface area contributed by atoms with Gasteiger partial charge in [0.25, 0.3) is 0 Å². The number of rotatable bonds is 1. The first-order valence-corrected chi connectivity index (χ1v) is 6.50. The fourth-order valence-electron chi connectivity index (χ4n) is 2.21. The van der Waals surface area contributed by atoms with Crippen molar-refractivity contribution >= 4 is 38.2 Å². The summed E-state index contributed by atoms with van der Waals surface area (Å²) in [6.45, 7) is 0. The van der Waals surface area contributed by atoms with Crippen LogP contribution >= 0.6 is 11.3 Å². The summed E-state index contributed by atoms with van der Waals surface area (Å²) in [6.07, 6.45) is -4.45. The number of halogens is 3. The molecule has 0 spiro atoms. The van der Waals surface area contributed by atoms with Crippen LogP contribution in [-0.4, -0.2) is 11.1 Å². The Kier molecular flexibility index (Phi) is 2.72. The standard InChI is InChI=1S/C14H7F3O2S/c15-14(16,17)8-1-2-9-10(6-8)12-7(3-4-20-12)5-11(9)13(18)19/h1-6H,(H,18,19). The van der Waals surface area contributed by atoms with Crippen molar-refractivity contribution in [3.05, 3.63) is 46.8 Å². The molecule has 20 heavy (non-hydrogen) atoms. The van der Waals surface area contributed by atoms with Gasteiger partial charge in [-0.3, -0.25) is 0 Å². The van der Waals surface area contributed by atoms with Crippen molar-refractivity contribution in [3.8, 4) is 0 Å². The highest BCUT2D eigenvalue weighted by Crippen LogP contribution is 2.37. The van der Waals surface area contributed by atoms with Gasteiger partial charge in [0.1, 0.15) is 0 Å². The van der Waals surface area contributed by atoms with E-state index in [-0.39, 0.29) is 5.56 Å². The third kappa shape index (κ3) is 1.92. The molecule has 0 saturated carbocycles. The Hall–Kier alpha value is -2.08. The van der Waals surface area contributed by atoms with Crippen LogP contribution in [0.3, 0.4) is 0 Å². The molecular weight excluding hydrogens is 289 g/mol. The van der Waals surface area contributed by atoms with E-state index in [1.807, 2.05) is 0 Å². The van der Waals surface area contributed by atoms with Gasteiger partial charge in [-0.2, -0.15) is 13.2 Å². The van der Waals surface area contributed by atoms with Crippen molar-refractivity contribution in [2.24, 2.45) is 0 Å². The summed E-state index contributed by atoms with van der Waals surface area (Å²) < 4.78 is 39.0. The van der Waals surface area contributed by atoms with E-state index in [0.29, 0.717) is 20.9 Å². The van der Waals surface area contributed by atoms with Crippen LogP contribution in [0.25, 0.3) is 20.9 Å². The van der Waals surface area contributed by atoms with E-state index in [2.05, 4.69) is 0 Å². The number of alkyl halides is 3. The molecule has 3 rings (SSSR count). The lowest BCUT2D eigenvalue weighted by atomic mass is 10.00. The lowest BCUT2D eigenvalue weighted by molar-refractivity contribution is -0.137. The molecule has 0 aliphatic rings.